The smallest absolute Gasteiger partial charge is 0.338 e. The maximum absolute atomic E-state index is 14.1. The second kappa shape index (κ2) is 13.0. The molecular formula is C36H32N4O9S3. The number of aromatic nitrogens is 1. The summed E-state index contributed by atoms with van der Waals surface area (Å²) in [4.78, 5) is 70.6. The predicted octanol–water partition coefficient (Wildman–Crippen LogP) is 3.96. The van der Waals surface area contributed by atoms with Crippen LogP contribution in [0.1, 0.15) is 40.1 Å². The minimum absolute atomic E-state index is 0.0205. The van der Waals surface area contributed by atoms with Crippen LogP contribution in [0, 0.1) is 29.6 Å². The lowest BCUT2D eigenvalue weighted by Crippen LogP contribution is -2.42. The molecule has 2 aliphatic heterocycles. The van der Waals surface area contributed by atoms with Gasteiger partial charge >= 0.3 is 10.8 Å². The Bertz CT molecular complexity index is 2290. The Morgan fingerprint density at radius 1 is 0.981 bits per heavy atom. The molecule has 268 valence electrons. The number of ether oxygens (including phenoxy) is 2. The molecular weight excluding hydrogens is 729 g/mol. The number of nitrogens with one attached hydrogen (secondary N) is 2. The SMILES string of the molecule is CCOC(=O)c1ccc(N2C(=O)C3C4CC(C3C2=O)C2C4Sc3[nH]c(=O)sc3[C@@H]2c2cccc(OCC(=O)Nc3ccc(S(N)(=O)=O)cc3)c2)cc1. The fraction of sp³-hybridized carbons (Fsp3) is 0.306. The third-order valence-corrected chi connectivity index (χ3v) is 13.9. The van der Waals surface area contributed by atoms with Crippen molar-refractivity contribution in [2.24, 2.45) is 34.7 Å². The lowest BCUT2D eigenvalue weighted by molar-refractivity contribution is -0.123. The Morgan fingerprint density at radius 2 is 1.69 bits per heavy atom. The van der Waals surface area contributed by atoms with Crippen LogP contribution in [0.2, 0.25) is 0 Å². The van der Waals surface area contributed by atoms with Gasteiger partial charge in [-0.2, -0.15) is 0 Å². The van der Waals surface area contributed by atoms with Crippen molar-refractivity contribution in [1.29, 1.82) is 0 Å². The summed E-state index contributed by atoms with van der Waals surface area (Å²) in [7, 11) is -3.87. The Morgan fingerprint density at radius 3 is 2.38 bits per heavy atom. The van der Waals surface area contributed by atoms with Gasteiger partial charge in [0.25, 0.3) is 5.91 Å². The first-order chi connectivity index (χ1) is 24.9. The van der Waals surface area contributed by atoms with E-state index in [1.165, 1.54) is 29.2 Å². The highest BCUT2D eigenvalue weighted by Crippen LogP contribution is 2.68. The van der Waals surface area contributed by atoms with Crippen LogP contribution in [0.3, 0.4) is 0 Å². The van der Waals surface area contributed by atoms with Gasteiger partial charge in [-0.1, -0.05) is 23.5 Å². The summed E-state index contributed by atoms with van der Waals surface area (Å²) < 4.78 is 34.0. The number of sulfonamides is 1. The topological polar surface area (TPSA) is 195 Å². The summed E-state index contributed by atoms with van der Waals surface area (Å²) in [5.74, 6) is -2.46. The van der Waals surface area contributed by atoms with Crippen molar-refractivity contribution < 1.29 is 37.1 Å². The van der Waals surface area contributed by atoms with Crippen LogP contribution in [0.25, 0.3) is 0 Å². The van der Waals surface area contributed by atoms with E-state index in [0.717, 1.165) is 33.2 Å². The van der Waals surface area contributed by atoms with Gasteiger partial charge in [0.1, 0.15) is 5.75 Å². The number of hydrogen-bond donors (Lipinski definition) is 3. The Labute approximate surface area is 305 Å². The monoisotopic (exact) mass is 760 g/mol. The van der Waals surface area contributed by atoms with Crippen LogP contribution in [-0.4, -0.2) is 55.6 Å². The van der Waals surface area contributed by atoms with Gasteiger partial charge in [-0.25, -0.2) is 18.4 Å². The van der Waals surface area contributed by atoms with Crippen molar-refractivity contribution in [2.75, 3.05) is 23.4 Å². The molecule has 0 spiro atoms. The summed E-state index contributed by atoms with van der Waals surface area (Å²) in [5.41, 5.74) is 1.99. The molecule has 7 atom stereocenters. The summed E-state index contributed by atoms with van der Waals surface area (Å²) in [6, 6.07) is 19.1. The van der Waals surface area contributed by atoms with Crippen LogP contribution in [-0.2, 0) is 29.1 Å². The summed E-state index contributed by atoms with van der Waals surface area (Å²) in [6.07, 6.45) is 0.717. The van der Waals surface area contributed by atoms with E-state index < -0.39 is 33.7 Å². The third kappa shape index (κ3) is 5.83. The number of amides is 3. The van der Waals surface area contributed by atoms with Crippen LogP contribution in [0.15, 0.2) is 87.5 Å². The number of nitrogens with two attached hydrogens (primary N) is 1. The largest absolute Gasteiger partial charge is 0.484 e. The molecule has 1 saturated heterocycles. The molecule has 3 heterocycles. The highest BCUT2D eigenvalue weighted by molar-refractivity contribution is 8.00. The average Bonchev–Trinajstić information content (AvgIpc) is 3.86. The van der Waals surface area contributed by atoms with Crippen molar-refractivity contribution in [3.05, 3.63) is 98.5 Å². The molecule has 3 aromatic carbocycles. The zero-order valence-electron chi connectivity index (χ0n) is 27.5. The standard InChI is InChI=1S/C36H32N4O9S3/c1-2-48-35(44)17-6-10-20(11-7-17)40-33(42)28-23-15-24(29(28)34(40)43)30-27(23)26(31-32(50-30)39-36(45)51-31)18-4-3-5-21(14-18)49-16-25(41)38-19-8-12-22(13-9-19)52(37,46)47/h3-14,23-24,26-30H,2,15-16H2,1H3,(H,38,41)(H,39,45)(H2,37,46,47)/t23?,24?,26-,27?,28?,29?,30?/m1/s1. The van der Waals surface area contributed by atoms with Gasteiger partial charge in [0.05, 0.1) is 39.6 Å². The number of H-pyrrole nitrogens is 1. The van der Waals surface area contributed by atoms with Crippen molar-refractivity contribution in [3.8, 4) is 5.75 Å². The van der Waals surface area contributed by atoms with Gasteiger partial charge in [0, 0.05) is 21.7 Å². The highest BCUT2D eigenvalue weighted by atomic mass is 32.2. The number of carbonyl (C=O) groups is 4. The summed E-state index contributed by atoms with van der Waals surface area (Å²) in [5, 5.41) is 8.56. The average molecular weight is 761 g/mol. The minimum atomic E-state index is -3.87. The number of primary sulfonamides is 1. The number of nitrogens with zero attached hydrogens (tertiary/aromatic N) is 1. The number of imide groups is 1. The first kappa shape index (κ1) is 34.3. The number of anilines is 2. The van der Waals surface area contributed by atoms with Crippen LogP contribution < -0.4 is 25.0 Å². The molecule has 2 aliphatic carbocycles. The number of thioether (sulfide) groups is 1. The fourth-order valence-electron chi connectivity index (χ4n) is 8.48. The number of carbonyl (C=O) groups excluding carboxylic acids is 4. The molecule has 4 aliphatic rings. The lowest BCUT2D eigenvalue weighted by Gasteiger charge is -2.43. The minimum Gasteiger partial charge on any atom is -0.484 e. The molecule has 8 rings (SSSR count). The highest BCUT2D eigenvalue weighted by Gasteiger charge is 2.69. The van der Waals surface area contributed by atoms with Crippen LogP contribution in [0.5, 0.6) is 5.75 Å². The van der Waals surface area contributed by atoms with E-state index in [9.17, 15) is 32.4 Å². The predicted molar refractivity (Wildman–Crippen MR) is 192 cm³/mol. The molecule has 4 aromatic rings. The number of fused-ring (bicyclic) bond motifs is 9. The number of aromatic amines is 1. The Kier molecular flexibility index (Phi) is 8.59. The molecule has 6 unspecified atom stereocenters. The lowest BCUT2D eigenvalue weighted by atomic mass is 9.68. The maximum atomic E-state index is 14.1. The molecule has 1 aromatic heterocycles. The second-order valence-electron chi connectivity index (χ2n) is 13.2. The normalized spacial score (nSPS) is 25.7. The first-order valence-corrected chi connectivity index (χ1v) is 19.9. The van der Waals surface area contributed by atoms with Gasteiger partial charge < -0.3 is 19.8 Å². The molecule has 2 bridgehead atoms. The maximum Gasteiger partial charge on any atom is 0.338 e. The van der Waals surface area contributed by atoms with Crippen molar-refractivity contribution >= 4 is 68.2 Å². The molecule has 2 saturated carbocycles. The van der Waals surface area contributed by atoms with Gasteiger partial charge in [-0.05, 0) is 97.3 Å². The zero-order chi connectivity index (χ0) is 36.5. The van der Waals surface area contributed by atoms with E-state index in [1.807, 2.05) is 18.2 Å². The fourth-order valence-corrected chi connectivity index (χ4v) is 11.9. The molecule has 3 fully saturated rings. The van der Waals surface area contributed by atoms with E-state index in [2.05, 4.69) is 10.3 Å². The molecule has 16 heteroatoms. The molecule has 0 radical (unpaired) electrons. The van der Waals surface area contributed by atoms with Crippen molar-refractivity contribution in [3.63, 3.8) is 0 Å². The van der Waals surface area contributed by atoms with Crippen LogP contribution >= 0.6 is 23.1 Å². The zero-order valence-corrected chi connectivity index (χ0v) is 30.0. The Hall–Kier alpha value is -4.77. The van der Waals surface area contributed by atoms with Crippen molar-refractivity contribution in [2.45, 2.75) is 34.4 Å². The third-order valence-electron chi connectivity index (χ3n) is 10.4. The number of hydrogen-bond acceptors (Lipinski definition) is 11. The number of thiazole rings is 1. The molecule has 13 nitrogen and oxygen atoms in total. The Balaban J connectivity index is 1.03. The van der Waals surface area contributed by atoms with E-state index in [1.54, 1.807) is 49.0 Å². The van der Waals surface area contributed by atoms with Crippen LogP contribution in [0.4, 0.5) is 11.4 Å². The van der Waals surface area contributed by atoms with E-state index in [4.69, 9.17) is 14.6 Å². The second-order valence-corrected chi connectivity index (χ2v) is 17.0. The van der Waals surface area contributed by atoms with Gasteiger partial charge in [-0.15, -0.1) is 11.8 Å². The summed E-state index contributed by atoms with van der Waals surface area (Å²) >= 11 is 2.73. The van der Waals surface area contributed by atoms with E-state index >= 15 is 0 Å². The number of benzene rings is 3. The molecule has 52 heavy (non-hydrogen) atoms. The quantitative estimate of drug-likeness (QED) is 0.166. The van der Waals surface area contributed by atoms with Gasteiger partial charge in [-0.3, -0.25) is 24.1 Å². The summed E-state index contributed by atoms with van der Waals surface area (Å²) in [6.45, 7) is 1.63. The molecule has 3 amide bonds. The van der Waals surface area contributed by atoms with E-state index in [-0.39, 0.29) is 63.7 Å². The van der Waals surface area contributed by atoms with Gasteiger partial charge in [0.2, 0.25) is 21.8 Å². The number of rotatable bonds is 9. The molecule has 4 N–H and O–H groups in total. The van der Waals surface area contributed by atoms with Gasteiger partial charge in [0.15, 0.2) is 6.61 Å². The first-order valence-electron chi connectivity index (χ1n) is 16.6. The van der Waals surface area contributed by atoms with E-state index in [0.29, 0.717) is 22.7 Å². The number of esters is 1. The van der Waals surface area contributed by atoms with Crippen molar-refractivity contribution in [1.82, 2.24) is 4.98 Å².